The predicted octanol–water partition coefficient (Wildman–Crippen LogP) is -0.526. The number of hydrogen-bond donors (Lipinski definition) is 9. The van der Waals surface area contributed by atoms with Crippen LogP contribution in [-0.2, 0) is 50.7 Å². The molecule has 0 saturated carbocycles. The van der Waals surface area contributed by atoms with E-state index >= 15 is 0 Å². The predicted molar refractivity (Wildman–Crippen MR) is 192 cm³/mol. The maximum absolute atomic E-state index is 12.7. The van der Waals surface area contributed by atoms with Crippen molar-refractivity contribution in [2.45, 2.75) is 77.1 Å². The first-order chi connectivity index (χ1) is 25.1. The number of nitrogens with two attached hydrogens (primary N) is 1. The molecule has 0 bridgehead atoms. The van der Waals surface area contributed by atoms with E-state index < -0.39 is 84.6 Å². The van der Waals surface area contributed by atoms with Crippen LogP contribution in [-0.4, -0.2) is 152 Å². The number of nitrogen functional groups attached to an aromatic ring is 1. The van der Waals surface area contributed by atoms with Crippen LogP contribution in [0.1, 0.15) is 52.7 Å². The summed E-state index contributed by atoms with van der Waals surface area (Å²) in [6.07, 6.45) is -4.74. The van der Waals surface area contributed by atoms with Crippen molar-refractivity contribution in [3.05, 3.63) is 12.7 Å². The van der Waals surface area contributed by atoms with Gasteiger partial charge in [0.1, 0.15) is 36.3 Å². The number of anilines is 1. The molecule has 3 heterocycles. The Morgan fingerprint density at radius 2 is 1.73 bits per heavy atom. The van der Waals surface area contributed by atoms with E-state index in [4.69, 9.17) is 19.5 Å². The molecule has 55 heavy (non-hydrogen) atoms. The Morgan fingerprint density at radius 3 is 2.38 bits per heavy atom. The Kier molecular flexibility index (Phi) is 19.5. The maximum atomic E-state index is 12.7. The summed E-state index contributed by atoms with van der Waals surface area (Å²) in [6, 6.07) is 0. The van der Waals surface area contributed by atoms with Crippen molar-refractivity contribution in [1.29, 1.82) is 0 Å². The molecule has 0 aromatic carbocycles. The van der Waals surface area contributed by atoms with Crippen molar-refractivity contribution >= 4 is 98.7 Å². The Bertz CT molecular complexity index is 1770. The van der Waals surface area contributed by atoms with Crippen LogP contribution in [0.4, 0.5) is 5.82 Å². The number of carbonyl (C=O) groups excluding carboxylic acids is 3. The van der Waals surface area contributed by atoms with E-state index in [0.29, 0.717) is 12.2 Å². The zero-order valence-corrected chi connectivity index (χ0v) is 35.7. The van der Waals surface area contributed by atoms with E-state index in [1.165, 1.54) is 13.8 Å². The second-order valence-corrected chi connectivity index (χ2v) is 17.8. The first-order valence-electron chi connectivity index (χ1n) is 16.1. The van der Waals surface area contributed by atoms with Gasteiger partial charge in [-0.25, -0.2) is 28.6 Å². The van der Waals surface area contributed by atoms with Crippen LogP contribution in [0.5, 0.6) is 0 Å². The van der Waals surface area contributed by atoms with E-state index in [2.05, 4.69) is 34.4 Å². The molecule has 2 aromatic rings. The number of amides is 2. The van der Waals surface area contributed by atoms with Gasteiger partial charge in [0, 0.05) is 66.7 Å². The number of ether oxygens (including phenoxy) is 1. The van der Waals surface area contributed by atoms with E-state index in [0.717, 1.165) is 41.8 Å². The number of carbonyl (C=O) groups is 3. The summed E-state index contributed by atoms with van der Waals surface area (Å²) in [5.41, 5.74) is 4.27. The van der Waals surface area contributed by atoms with Crippen molar-refractivity contribution in [3.63, 3.8) is 0 Å². The molecule has 1 radical (unpaired) electrons. The number of imidazole rings is 1. The van der Waals surface area contributed by atoms with Crippen molar-refractivity contribution in [1.82, 2.24) is 30.2 Å². The number of rotatable bonds is 22. The molecule has 1 aliphatic heterocycles. The van der Waals surface area contributed by atoms with Gasteiger partial charge in [0.25, 0.3) is 0 Å². The fourth-order valence-corrected chi connectivity index (χ4v) is 8.24. The van der Waals surface area contributed by atoms with Gasteiger partial charge < -0.3 is 50.9 Å². The minimum Gasteiger partial charge on any atom is -0.386 e. The van der Waals surface area contributed by atoms with Crippen LogP contribution in [0.15, 0.2) is 12.7 Å². The average Bonchev–Trinajstić information content (AvgIpc) is 3.63. The number of aromatic nitrogens is 4. The molecule has 307 valence electrons. The SMILES string of the molecule is CCCCC(=O)SCCNC(=O)CCNC(=O)[C@H](O)C(C)(C)COP(=O)(O)OP(=O)(O)OC[C@H]1O[C@@H](n2cnc3c(N)ncnc32)[C@H](O)[C@@H]1OP(=O)(O)O.[Na]. The number of aliphatic hydroxyl groups is 2. The second kappa shape index (κ2) is 21.5. The molecule has 0 spiro atoms. The Morgan fingerprint density at radius 1 is 1.05 bits per heavy atom. The molecule has 24 nitrogen and oxygen atoms in total. The van der Waals surface area contributed by atoms with E-state index in [1.807, 2.05) is 6.92 Å². The van der Waals surface area contributed by atoms with Crippen molar-refractivity contribution in [2.24, 2.45) is 5.41 Å². The van der Waals surface area contributed by atoms with Gasteiger partial charge in [0.15, 0.2) is 22.8 Å². The monoisotopic (exact) mass is 874 g/mol. The third kappa shape index (κ3) is 15.7. The van der Waals surface area contributed by atoms with Crippen molar-refractivity contribution < 1.29 is 80.5 Å². The van der Waals surface area contributed by atoms with Gasteiger partial charge in [-0.2, -0.15) is 4.31 Å². The number of aliphatic hydroxyl groups excluding tert-OH is 2. The molecule has 1 fully saturated rings. The standard InChI is InChI=1S/C26H44N7O17P3S.Na/c1-4-5-6-17(35)54-10-9-28-16(34)7-8-29-24(38)21(37)26(2,3)12-47-53(44,45)50-52(42,43)46-11-15-20(49-51(39,40)41)19(36)25(48-15)33-14-32-18-22(27)30-13-31-23(18)33;/h13-15,19-21,25,36-37H,4-12H2,1-3H3,(H,28,34)(H,29,38)(H,42,43)(H,44,45)(H2,27,30,31)(H2,39,40,41);/t15-,19-,20-,21+,25-;/m1./s1. The molecule has 29 heteroatoms. The van der Waals surface area contributed by atoms with Gasteiger partial charge in [0.2, 0.25) is 11.8 Å². The molecular weight excluding hydrogens is 830 g/mol. The minimum atomic E-state index is -5.56. The molecule has 2 unspecified atom stereocenters. The van der Waals surface area contributed by atoms with E-state index in [-0.39, 0.29) is 71.2 Å². The van der Waals surface area contributed by atoms with Crippen LogP contribution < -0.4 is 16.4 Å². The van der Waals surface area contributed by atoms with Crippen LogP contribution in [0.2, 0.25) is 0 Å². The summed E-state index contributed by atoms with van der Waals surface area (Å²) >= 11 is 1.11. The molecule has 1 saturated heterocycles. The number of phosphoric ester groups is 3. The summed E-state index contributed by atoms with van der Waals surface area (Å²) in [4.78, 5) is 87.1. The fourth-order valence-electron chi connectivity index (χ4n) is 4.69. The summed E-state index contributed by atoms with van der Waals surface area (Å²) < 4.78 is 62.0. The van der Waals surface area contributed by atoms with E-state index in [1.54, 1.807) is 0 Å². The number of thioether (sulfide) groups is 1. The molecular formula is C26H44N7NaO17P3S. The topological polar surface area (TPSA) is 364 Å². The Balaban J connectivity index is 0.0000105. The molecule has 0 aliphatic carbocycles. The summed E-state index contributed by atoms with van der Waals surface area (Å²) in [5, 5.41) is 26.4. The quantitative estimate of drug-likeness (QED) is 0.0408. The Labute approximate surface area is 340 Å². The van der Waals surface area contributed by atoms with Gasteiger partial charge in [-0.15, -0.1) is 0 Å². The summed E-state index contributed by atoms with van der Waals surface area (Å²) in [7, 11) is -16.4. The molecule has 2 amide bonds. The van der Waals surface area contributed by atoms with Gasteiger partial charge in [-0.3, -0.25) is 32.5 Å². The van der Waals surface area contributed by atoms with Gasteiger partial charge in [-0.05, 0) is 6.42 Å². The normalized spacial score (nSPS) is 21.6. The van der Waals surface area contributed by atoms with Crippen LogP contribution in [0.3, 0.4) is 0 Å². The van der Waals surface area contributed by atoms with Crippen LogP contribution in [0, 0.1) is 5.41 Å². The molecule has 7 atom stereocenters. The fraction of sp³-hybridized carbons (Fsp3) is 0.692. The zero-order valence-electron chi connectivity index (χ0n) is 30.2. The minimum absolute atomic E-state index is 0. The summed E-state index contributed by atoms with van der Waals surface area (Å²) in [5.74, 6) is -1.05. The van der Waals surface area contributed by atoms with Gasteiger partial charge in [-0.1, -0.05) is 39.0 Å². The third-order valence-corrected chi connectivity index (χ3v) is 11.5. The van der Waals surface area contributed by atoms with Crippen molar-refractivity contribution in [2.75, 3.05) is 37.8 Å². The second-order valence-electron chi connectivity index (χ2n) is 12.4. The van der Waals surface area contributed by atoms with Crippen molar-refractivity contribution in [3.8, 4) is 0 Å². The first-order valence-corrected chi connectivity index (χ1v) is 21.6. The van der Waals surface area contributed by atoms with Crippen LogP contribution in [0.25, 0.3) is 11.2 Å². The number of phosphoric acid groups is 3. The number of hydrogen-bond acceptors (Lipinski definition) is 18. The summed E-state index contributed by atoms with van der Waals surface area (Å²) in [6.45, 7) is 2.52. The number of nitrogens with zero attached hydrogens (tertiary/aromatic N) is 4. The third-order valence-electron chi connectivity index (χ3n) is 7.50. The smallest absolute Gasteiger partial charge is 0.386 e. The van der Waals surface area contributed by atoms with Gasteiger partial charge >= 0.3 is 23.5 Å². The van der Waals surface area contributed by atoms with Crippen LogP contribution >= 0.6 is 35.2 Å². The first kappa shape index (κ1) is 49.7. The zero-order chi connectivity index (χ0) is 40.5. The number of fused-ring (bicyclic) bond motifs is 1. The largest absolute Gasteiger partial charge is 0.481 e. The maximum Gasteiger partial charge on any atom is 0.481 e. The molecule has 1 aliphatic rings. The number of nitrogens with one attached hydrogen (secondary N) is 2. The molecule has 2 aromatic heterocycles. The van der Waals surface area contributed by atoms with E-state index in [9.17, 15) is 57.9 Å². The Hall–Kier alpha value is -1.44. The molecule has 10 N–H and O–H groups in total. The molecule has 3 rings (SSSR count). The van der Waals surface area contributed by atoms with Gasteiger partial charge in [0.05, 0.1) is 19.5 Å². The average molecular weight is 875 g/mol. The number of unbranched alkanes of at least 4 members (excludes halogenated alkanes) is 1.